The first-order valence-corrected chi connectivity index (χ1v) is 6.58. The van der Waals surface area contributed by atoms with Crippen molar-refractivity contribution in [2.24, 2.45) is 5.10 Å². The molecule has 7 nitrogen and oxygen atoms in total. The van der Waals surface area contributed by atoms with Gasteiger partial charge in [0.1, 0.15) is 5.75 Å². The Morgan fingerprint density at radius 3 is 2.58 bits per heavy atom. The number of nitrogens with zero attached hydrogens (tertiary/aromatic N) is 2. The molecule has 0 atom stereocenters. The second-order valence-electron chi connectivity index (χ2n) is 4.45. The Hall–Kier alpha value is -3.36. The highest BCUT2D eigenvalue weighted by Gasteiger charge is 2.10. The van der Waals surface area contributed by atoms with Gasteiger partial charge in [0.2, 0.25) is 0 Å². The Bertz CT molecular complexity index is 764. The lowest BCUT2D eigenvalue weighted by molar-refractivity contribution is -0.384. The standard InChI is InChI=1S/C15H11F2N3O4/c16-15(17)24-13-6-4-10(5-7-13)9-18-19-14(21)11-2-1-3-12(8-11)20(22)23/h1-9,15H,(H,19,21)/b18-9+. The summed E-state index contributed by atoms with van der Waals surface area (Å²) in [4.78, 5) is 21.9. The molecule has 1 amide bonds. The minimum Gasteiger partial charge on any atom is -0.435 e. The number of amides is 1. The molecule has 0 heterocycles. The van der Waals surface area contributed by atoms with Gasteiger partial charge in [-0.3, -0.25) is 14.9 Å². The summed E-state index contributed by atoms with van der Waals surface area (Å²) < 4.78 is 28.2. The Morgan fingerprint density at radius 1 is 1.25 bits per heavy atom. The van der Waals surface area contributed by atoms with Crippen LogP contribution < -0.4 is 10.2 Å². The molecule has 2 aromatic carbocycles. The van der Waals surface area contributed by atoms with Crippen LogP contribution in [-0.2, 0) is 0 Å². The number of hydrogen-bond donors (Lipinski definition) is 1. The molecule has 0 saturated heterocycles. The molecule has 0 aliphatic rings. The number of hydrazone groups is 1. The number of halogens is 2. The van der Waals surface area contributed by atoms with E-state index in [1.807, 2.05) is 0 Å². The van der Waals surface area contributed by atoms with Crippen molar-refractivity contribution in [1.29, 1.82) is 0 Å². The van der Waals surface area contributed by atoms with E-state index in [9.17, 15) is 23.7 Å². The molecule has 0 radical (unpaired) electrons. The summed E-state index contributed by atoms with van der Waals surface area (Å²) in [5, 5.41) is 14.4. The zero-order valence-electron chi connectivity index (χ0n) is 12.1. The first-order valence-electron chi connectivity index (χ1n) is 6.58. The van der Waals surface area contributed by atoms with Gasteiger partial charge in [-0.2, -0.15) is 13.9 Å². The fourth-order valence-corrected chi connectivity index (χ4v) is 1.73. The van der Waals surface area contributed by atoms with Gasteiger partial charge in [-0.1, -0.05) is 6.07 Å². The lowest BCUT2D eigenvalue weighted by Crippen LogP contribution is -2.17. The summed E-state index contributed by atoms with van der Waals surface area (Å²) >= 11 is 0. The van der Waals surface area contributed by atoms with Crippen molar-refractivity contribution in [3.63, 3.8) is 0 Å². The summed E-state index contributed by atoms with van der Waals surface area (Å²) in [6.45, 7) is -2.90. The molecular weight excluding hydrogens is 324 g/mol. The third-order valence-electron chi connectivity index (χ3n) is 2.80. The van der Waals surface area contributed by atoms with E-state index in [4.69, 9.17) is 0 Å². The van der Waals surface area contributed by atoms with Crippen molar-refractivity contribution < 1.29 is 23.2 Å². The van der Waals surface area contributed by atoms with E-state index >= 15 is 0 Å². The van der Waals surface area contributed by atoms with Gasteiger partial charge in [0.15, 0.2) is 0 Å². The molecule has 0 spiro atoms. The first-order chi connectivity index (χ1) is 11.5. The largest absolute Gasteiger partial charge is 0.435 e. The van der Waals surface area contributed by atoms with E-state index in [0.29, 0.717) is 5.56 Å². The summed E-state index contributed by atoms with van der Waals surface area (Å²) in [5.74, 6) is -0.615. The Labute approximate surface area is 134 Å². The average molecular weight is 335 g/mol. The number of benzene rings is 2. The Morgan fingerprint density at radius 2 is 1.96 bits per heavy atom. The molecule has 0 unspecified atom stereocenters. The molecular formula is C15H11F2N3O4. The number of carbonyl (C=O) groups excluding carboxylic acids is 1. The van der Waals surface area contributed by atoms with E-state index in [1.54, 1.807) is 0 Å². The molecule has 0 aliphatic carbocycles. The summed E-state index contributed by atoms with van der Waals surface area (Å²) in [7, 11) is 0. The summed E-state index contributed by atoms with van der Waals surface area (Å²) in [6, 6.07) is 10.8. The van der Waals surface area contributed by atoms with Crippen LogP contribution in [0.25, 0.3) is 0 Å². The SMILES string of the molecule is O=C(N/N=C/c1ccc(OC(F)F)cc1)c1cccc([N+](=O)[O-])c1. The van der Waals surface area contributed by atoms with Crippen molar-refractivity contribution in [1.82, 2.24) is 5.43 Å². The fraction of sp³-hybridized carbons (Fsp3) is 0.0667. The maximum atomic E-state index is 12.0. The predicted molar refractivity (Wildman–Crippen MR) is 81.2 cm³/mol. The third kappa shape index (κ3) is 4.83. The van der Waals surface area contributed by atoms with Gasteiger partial charge < -0.3 is 4.74 Å². The molecule has 24 heavy (non-hydrogen) atoms. The van der Waals surface area contributed by atoms with Gasteiger partial charge in [-0.05, 0) is 35.9 Å². The zero-order chi connectivity index (χ0) is 17.5. The second kappa shape index (κ2) is 7.77. The Kier molecular flexibility index (Phi) is 5.50. The van der Waals surface area contributed by atoms with Crippen LogP contribution in [0.4, 0.5) is 14.5 Å². The van der Waals surface area contributed by atoms with Gasteiger partial charge in [-0.15, -0.1) is 0 Å². The number of ether oxygens (including phenoxy) is 1. The molecule has 0 saturated carbocycles. The van der Waals surface area contributed by atoms with Crippen molar-refractivity contribution in [2.75, 3.05) is 0 Å². The van der Waals surface area contributed by atoms with Gasteiger partial charge in [0.25, 0.3) is 11.6 Å². The number of hydrogen-bond acceptors (Lipinski definition) is 5. The van der Waals surface area contributed by atoms with E-state index < -0.39 is 17.4 Å². The zero-order valence-corrected chi connectivity index (χ0v) is 12.1. The monoisotopic (exact) mass is 335 g/mol. The van der Waals surface area contributed by atoms with Crippen LogP contribution in [0.5, 0.6) is 5.75 Å². The minimum atomic E-state index is -2.90. The van der Waals surface area contributed by atoms with Crippen LogP contribution in [0.2, 0.25) is 0 Å². The smallest absolute Gasteiger partial charge is 0.387 e. The number of nitrogens with one attached hydrogen (secondary N) is 1. The number of nitro benzene ring substituents is 1. The topological polar surface area (TPSA) is 93.8 Å². The van der Waals surface area contributed by atoms with Crippen LogP contribution >= 0.6 is 0 Å². The number of carbonyl (C=O) groups is 1. The number of alkyl halides is 2. The van der Waals surface area contributed by atoms with Gasteiger partial charge >= 0.3 is 6.61 Å². The van der Waals surface area contributed by atoms with Gasteiger partial charge in [0, 0.05) is 17.7 Å². The first kappa shape index (κ1) is 17.0. The lowest BCUT2D eigenvalue weighted by atomic mass is 10.2. The van der Waals surface area contributed by atoms with Crippen molar-refractivity contribution in [2.45, 2.75) is 6.61 Å². The van der Waals surface area contributed by atoms with E-state index in [2.05, 4.69) is 15.3 Å². The highest BCUT2D eigenvalue weighted by Crippen LogP contribution is 2.14. The van der Waals surface area contributed by atoms with Crippen molar-refractivity contribution in [3.05, 3.63) is 69.8 Å². The summed E-state index contributed by atoms with van der Waals surface area (Å²) in [6.07, 6.45) is 1.29. The number of non-ortho nitro benzene ring substituents is 1. The van der Waals surface area contributed by atoms with E-state index in [0.717, 1.165) is 6.07 Å². The molecule has 1 N–H and O–H groups in total. The van der Waals surface area contributed by atoms with Crippen LogP contribution in [-0.4, -0.2) is 23.7 Å². The van der Waals surface area contributed by atoms with Crippen LogP contribution in [0.3, 0.4) is 0 Å². The van der Waals surface area contributed by atoms with Gasteiger partial charge in [-0.25, -0.2) is 5.43 Å². The van der Waals surface area contributed by atoms with Crippen LogP contribution in [0.15, 0.2) is 53.6 Å². The van der Waals surface area contributed by atoms with E-state index in [-0.39, 0.29) is 17.0 Å². The second-order valence-corrected chi connectivity index (χ2v) is 4.45. The lowest BCUT2D eigenvalue weighted by Gasteiger charge is -2.03. The normalized spacial score (nSPS) is 10.8. The number of rotatable bonds is 6. The highest BCUT2D eigenvalue weighted by molar-refractivity contribution is 5.95. The molecule has 124 valence electrons. The molecule has 2 rings (SSSR count). The van der Waals surface area contributed by atoms with Crippen molar-refractivity contribution >= 4 is 17.8 Å². The highest BCUT2D eigenvalue weighted by atomic mass is 19.3. The molecule has 0 fully saturated rings. The van der Waals surface area contributed by atoms with Crippen LogP contribution in [0.1, 0.15) is 15.9 Å². The third-order valence-corrected chi connectivity index (χ3v) is 2.80. The average Bonchev–Trinajstić information content (AvgIpc) is 2.56. The Balaban J connectivity index is 1.97. The maximum absolute atomic E-state index is 12.0. The summed E-state index contributed by atoms with van der Waals surface area (Å²) in [5.41, 5.74) is 2.63. The fourth-order valence-electron chi connectivity index (χ4n) is 1.73. The van der Waals surface area contributed by atoms with Crippen molar-refractivity contribution in [3.8, 4) is 5.75 Å². The maximum Gasteiger partial charge on any atom is 0.387 e. The van der Waals surface area contributed by atoms with E-state index in [1.165, 1.54) is 48.7 Å². The van der Waals surface area contributed by atoms with Crippen LogP contribution in [0, 0.1) is 10.1 Å². The minimum absolute atomic E-state index is 0.00257. The predicted octanol–water partition coefficient (Wildman–Crippen LogP) is 2.96. The molecule has 0 aromatic heterocycles. The molecule has 2 aromatic rings. The van der Waals surface area contributed by atoms with Gasteiger partial charge in [0.05, 0.1) is 11.1 Å². The molecule has 0 bridgehead atoms. The molecule has 0 aliphatic heterocycles. The number of nitro groups is 1. The quantitative estimate of drug-likeness (QED) is 0.499. The molecule has 9 heteroatoms.